The largest absolute Gasteiger partial charge is 0.375 e. The second-order valence-electron chi connectivity index (χ2n) is 5.64. The molecule has 4 heteroatoms. The smallest absolute Gasteiger partial charge is 0.0960 e. The Hall–Kier alpha value is -1.39. The van der Waals surface area contributed by atoms with Crippen LogP contribution in [0.25, 0.3) is 10.9 Å². The Morgan fingerprint density at radius 1 is 1.40 bits per heavy atom. The monoisotopic (exact) mass is 273 g/mol. The summed E-state index contributed by atoms with van der Waals surface area (Å²) in [4.78, 5) is 0. The summed E-state index contributed by atoms with van der Waals surface area (Å²) in [5.41, 5.74) is 2.22. The highest BCUT2D eigenvalue weighted by Gasteiger charge is 2.13. The van der Waals surface area contributed by atoms with Crippen LogP contribution >= 0.6 is 0 Å². The highest BCUT2D eigenvalue weighted by Crippen LogP contribution is 2.19. The van der Waals surface area contributed by atoms with Crippen molar-refractivity contribution in [3.05, 3.63) is 30.0 Å². The fraction of sp³-hybridized carbons (Fsp3) is 0.562. The van der Waals surface area contributed by atoms with Crippen molar-refractivity contribution in [1.82, 2.24) is 15.1 Å². The van der Waals surface area contributed by atoms with Crippen molar-refractivity contribution in [3.8, 4) is 0 Å². The van der Waals surface area contributed by atoms with Gasteiger partial charge in [-0.05, 0) is 44.3 Å². The van der Waals surface area contributed by atoms with E-state index >= 15 is 0 Å². The third-order valence-corrected chi connectivity index (χ3v) is 4.14. The summed E-state index contributed by atoms with van der Waals surface area (Å²) in [6.45, 7) is 3.77. The van der Waals surface area contributed by atoms with Gasteiger partial charge in [-0.2, -0.15) is 5.10 Å². The highest BCUT2D eigenvalue weighted by atomic mass is 16.5. The van der Waals surface area contributed by atoms with Gasteiger partial charge in [0.1, 0.15) is 0 Å². The first-order chi connectivity index (χ1) is 9.84. The van der Waals surface area contributed by atoms with E-state index in [1.54, 1.807) is 0 Å². The molecule has 0 saturated carbocycles. The molecule has 20 heavy (non-hydrogen) atoms. The molecule has 1 aromatic carbocycles. The minimum atomic E-state index is 0.613. The van der Waals surface area contributed by atoms with Crippen molar-refractivity contribution in [1.29, 1.82) is 0 Å². The quantitative estimate of drug-likeness (QED) is 0.851. The van der Waals surface area contributed by atoms with E-state index in [0.717, 1.165) is 31.2 Å². The van der Waals surface area contributed by atoms with Gasteiger partial charge in [0.15, 0.2) is 0 Å². The average molecular weight is 273 g/mol. The lowest BCUT2D eigenvalue weighted by molar-refractivity contribution is 0.101. The lowest BCUT2D eigenvalue weighted by atomic mass is 9.97. The molecule has 1 saturated heterocycles. The van der Waals surface area contributed by atoms with Gasteiger partial charge < -0.3 is 10.1 Å². The number of para-hydroxylation sites is 1. The number of rotatable bonds is 5. The molecule has 4 nitrogen and oxygen atoms in total. The van der Waals surface area contributed by atoms with Crippen molar-refractivity contribution >= 4 is 10.9 Å². The Bertz CT molecular complexity index is 558. The number of hydrogen-bond acceptors (Lipinski definition) is 3. The summed E-state index contributed by atoms with van der Waals surface area (Å²) in [6, 6.07) is 8.32. The van der Waals surface area contributed by atoms with Crippen LogP contribution in [0.15, 0.2) is 24.3 Å². The molecule has 0 spiro atoms. The van der Waals surface area contributed by atoms with Gasteiger partial charge in [-0.3, -0.25) is 4.68 Å². The molecule has 0 amide bonds. The molecule has 1 fully saturated rings. The van der Waals surface area contributed by atoms with Crippen LogP contribution in [0.1, 0.15) is 25.0 Å². The molecule has 3 rings (SSSR count). The summed E-state index contributed by atoms with van der Waals surface area (Å²) < 4.78 is 7.77. The Morgan fingerprint density at radius 3 is 3.15 bits per heavy atom. The standard InChI is InChI=1S/C16H23N3O/c1-19-16-7-3-2-6-14(16)15(18-19)12-20-10-8-13-5-4-9-17-11-13/h2-3,6-7,13,17H,4-5,8-12H2,1H3. The van der Waals surface area contributed by atoms with E-state index in [-0.39, 0.29) is 0 Å². The lowest BCUT2D eigenvalue weighted by Gasteiger charge is -2.22. The topological polar surface area (TPSA) is 39.1 Å². The Labute approximate surface area is 120 Å². The number of hydrogen-bond donors (Lipinski definition) is 1. The maximum Gasteiger partial charge on any atom is 0.0960 e. The number of piperidine rings is 1. The van der Waals surface area contributed by atoms with Gasteiger partial charge in [-0.15, -0.1) is 0 Å². The molecule has 1 aliphatic rings. The molecular formula is C16H23N3O. The van der Waals surface area contributed by atoms with Crippen LogP contribution in [-0.4, -0.2) is 29.5 Å². The normalized spacial score (nSPS) is 19.6. The lowest BCUT2D eigenvalue weighted by Crippen LogP contribution is -2.30. The van der Waals surface area contributed by atoms with Crippen LogP contribution in [0.2, 0.25) is 0 Å². The number of nitrogens with one attached hydrogen (secondary N) is 1. The summed E-state index contributed by atoms with van der Waals surface area (Å²) in [5, 5.41) is 9.21. The summed E-state index contributed by atoms with van der Waals surface area (Å²) >= 11 is 0. The van der Waals surface area contributed by atoms with Crippen LogP contribution in [-0.2, 0) is 18.4 Å². The van der Waals surface area contributed by atoms with Crippen molar-refractivity contribution in [3.63, 3.8) is 0 Å². The van der Waals surface area contributed by atoms with E-state index in [4.69, 9.17) is 4.74 Å². The number of aromatic nitrogens is 2. The molecule has 0 bridgehead atoms. The van der Waals surface area contributed by atoms with Gasteiger partial charge in [0, 0.05) is 19.0 Å². The van der Waals surface area contributed by atoms with E-state index in [9.17, 15) is 0 Å². The first-order valence-corrected chi connectivity index (χ1v) is 7.53. The molecule has 1 N–H and O–H groups in total. The number of ether oxygens (including phenoxy) is 1. The SMILES string of the molecule is Cn1nc(COCCC2CCCNC2)c2ccccc21. The minimum absolute atomic E-state index is 0.613. The number of benzene rings is 1. The van der Waals surface area contributed by atoms with Crippen LogP contribution in [0.4, 0.5) is 0 Å². The van der Waals surface area contributed by atoms with Crippen LogP contribution in [0, 0.1) is 5.92 Å². The second-order valence-corrected chi connectivity index (χ2v) is 5.64. The maximum absolute atomic E-state index is 5.84. The maximum atomic E-state index is 5.84. The molecule has 1 unspecified atom stereocenters. The highest BCUT2D eigenvalue weighted by molar-refractivity contribution is 5.81. The molecule has 2 aromatic rings. The van der Waals surface area contributed by atoms with E-state index in [0.29, 0.717) is 6.61 Å². The molecular weight excluding hydrogens is 250 g/mol. The Balaban J connectivity index is 1.52. The minimum Gasteiger partial charge on any atom is -0.375 e. The third-order valence-electron chi connectivity index (χ3n) is 4.14. The second kappa shape index (κ2) is 6.37. The number of aryl methyl sites for hydroxylation is 1. The number of fused-ring (bicyclic) bond motifs is 1. The Kier molecular flexibility index (Phi) is 4.33. The predicted molar refractivity (Wildman–Crippen MR) is 80.6 cm³/mol. The zero-order valence-electron chi connectivity index (χ0n) is 12.1. The molecule has 0 aliphatic carbocycles. The zero-order valence-corrected chi connectivity index (χ0v) is 12.1. The van der Waals surface area contributed by atoms with Crippen molar-refractivity contribution < 1.29 is 4.74 Å². The molecule has 1 aromatic heterocycles. The molecule has 0 radical (unpaired) electrons. The van der Waals surface area contributed by atoms with Crippen molar-refractivity contribution in [2.75, 3.05) is 19.7 Å². The molecule has 1 atom stereocenters. The van der Waals surface area contributed by atoms with Gasteiger partial charge in [0.05, 0.1) is 17.8 Å². The first kappa shape index (κ1) is 13.6. The summed E-state index contributed by atoms with van der Waals surface area (Å²) in [7, 11) is 1.99. The van der Waals surface area contributed by atoms with Gasteiger partial charge in [0.2, 0.25) is 0 Å². The van der Waals surface area contributed by atoms with E-state index in [1.807, 2.05) is 17.8 Å². The van der Waals surface area contributed by atoms with Gasteiger partial charge in [-0.1, -0.05) is 18.2 Å². The van der Waals surface area contributed by atoms with Crippen LogP contribution in [0.3, 0.4) is 0 Å². The average Bonchev–Trinajstić information content (AvgIpc) is 2.82. The number of nitrogens with zero attached hydrogens (tertiary/aromatic N) is 2. The summed E-state index contributed by atoms with van der Waals surface area (Å²) in [5.74, 6) is 0.782. The van der Waals surface area contributed by atoms with Crippen molar-refractivity contribution in [2.45, 2.75) is 25.9 Å². The van der Waals surface area contributed by atoms with E-state index in [2.05, 4.69) is 28.6 Å². The molecule has 1 aliphatic heterocycles. The molecule has 108 valence electrons. The van der Waals surface area contributed by atoms with E-state index in [1.165, 1.54) is 30.3 Å². The van der Waals surface area contributed by atoms with Crippen LogP contribution < -0.4 is 5.32 Å². The predicted octanol–water partition coefficient (Wildman–Crippen LogP) is 2.48. The fourth-order valence-electron chi connectivity index (χ4n) is 2.98. The first-order valence-electron chi connectivity index (χ1n) is 7.53. The third kappa shape index (κ3) is 3.02. The molecule has 2 heterocycles. The van der Waals surface area contributed by atoms with E-state index < -0.39 is 0 Å². The van der Waals surface area contributed by atoms with Gasteiger partial charge >= 0.3 is 0 Å². The summed E-state index contributed by atoms with van der Waals surface area (Å²) in [6.07, 6.45) is 3.79. The fourth-order valence-corrected chi connectivity index (χ4v) is 2.98. The van der Waals surface area contributed by atoms with Crippen molar-refractivity contribution in [2.24, 2.45) is 13.0 Å². The van der Waals surface area contributed by atoms with Gasteiger partial charge in [-0.25, -0.2) is 0 Å². The van der Waals surface area contributed by atoms with Crippen LogP contribution in [0.5, 0.6) is 0 Å². The Morgan fingerprint density at radius 2 is 2.30 bits per heavy atom. The van der Waals surface area contributed by atoms with Gasteiger partial charge in [0.25, 0.3) is 0 Å². The zero-order chi connectivity index (χ0) is 13.8.